The van der Waals surface area contributed by atoms with Gasteiger partial charge in [0.05, 0.1) is 29.9 Å². The van der Waals surface area contributed by atoms with Crippen molar-refractivity contribution in [1.82, 2.24) is 20.3 Å². The SMILES string of the molecule is CCC(=O)NC1CCCc2c(-c3ccc4nc(OC)ccc4n3)cncc21. The number of hydrogen-bond acceptors (Lipinski definition) is 5. The van der Waals surface area contributed by atoms with E-state index < -0.39 is 0 Å². The van der Waals surface area contributed by atoms with E-state index in [4.69, 9.17) is 9.72 Å². The van der Waals surface area contributed by atoms with E-state index in [-0.39, 0.29) is 11.9 Å². The maximum atomic E-state index is 11.9. The number of nitrogens with zero attached hydrogens (tertiary/aromatic N) is 3. The van der Waals surface area contributed by atoms with Crippen molar-refractivity contribution < 1.29 is 9.53 Å². The van der Waals surface area contributed by atoms with Crippen LogP contribution in [0, 0.1) is 0 Å². The van der Waals surface area contributed by atoms with Gasteiger partial charge in [-0.05, 0) is 48.6 Å². The normalized spacial score (nSPS) is 16.0. The minimum atomic E-state index is 0.0278. The van der Waals surface area contributed by atoms with Crippen LogP contribution in [0.2, 0.25) is 0 Å². The molecule has 1 unspecified atom stereocenters. The summed E-state index contributed by atoms with van der Waals surface area (Å²) in [6, 6.07) is 7.69. The van der Waals surface area contributed by atoms with Gasteiger partial charge in [0.2, 0.25) is 11.8 Å². The summed E-state index contributed by atoms with van der Waals surface area (Å²) in [6.07, 6.45) is 7.18. The van der Waals surface area contributed by atoms with Gasteiger partial charge in [0, 0.05) is 30.4 Å². The highest BCUT2D eigenvalue weighted by Gasteiger charge is 2.24. The summed E-state index contributed by atoms with van der Waals surface area (Å²) in [6.45, 7) is 1.87. The molecule has 0 saturated heterocycles. The highest BCUT2D eigenvalue weighted by atomic mass is 16.5. The van der Waals surface area contributed by atoms with Crippen molar-refractivity contribution in [1.29, 1.82) is 0 Å². The van der Waals surface area contributed by atoms with Gasteiger partial charge >= 0.3 is 0 Å². The molecule has 27 heavy (non-hydrogen) atoms. The Morgan fingerprint density at radius 2 is 2.00 bits per heavy atom. The summed E-state index contributed by atoms with van der Waals surface area (Å²) in [4.78, 5) is 25.5. The number of ether oxygens (including phenoxy) is 1. The van der Waals surface area contributed by atoms with Crippen LogP contribution in [0.15, 0.2) is 36.7 Å². The molecule has 0 aromatic carbocycles. The van der Waals surface area contributed by atoms with Crippen molar-refractivity contribution in [3.63, 3.8) is 0 Å². The molecule has 0 spiro atoms. The fourth-order valence-electron chi connectivity index (χ4n) is 3.64. The van der Waals surface area contributed by atoms with Gasteiger partial charge in [0.25, 0.3) is 0 Å². The van der Waals surface area contributed by atoms with Crippen LogP contribution in [0.25, 0.3) is 22.3 Å². The van der Waals surface area contributed by atoms with Crippen LogP contribution in [0.3, 0.4) is 0 Å². The first-order valence-electron chi connectivity index (χ1n) is 9.28. The molecule has 6 heteroatoms. The zero-order valence-electron chi connectivity index (χ0n) is 15.5. The highest BCUT2D eigenvalue weighted by molar-refractivity contribution is 5.80. The third-order valence-electron chi connectivity index (χ3n) is 5.04. The van der Waals surface area contributed by atoms with Gasteiger partial charge in [-0.15, -0.1) is 0 Å². The number of rotatable bonds is 4. The smallest absolute Gasteiger partial charge is 0.220 e. The Morgan fingerprint density at radius 1 is 1.19 bits per heavy atom. The number of amides is 1. The Labute approximate surface area is 158 Å². The number of aromatic nitrogens is 3. The van der Waals surface area contributed by atoms with Crippen LogP contribution in [-0.4, -0.2) is 28.0 Å². The molecular formula is C21H22N4O2. The lowest BCUT2D eigenvalue weighted by molar-refractivity contribution is -0.121. The Hall–Kier alpha value is -3.02. The summed E-state index contributed by atoms with van der Waals surface area (Å²) >= 11 is 0. The fraction of sp³-hybridized carbons (Fsp3) is 0.333. The van der Waals surface area contributed by atoms with Gasteiger partial charge in [0.1, 0.15) is 0 Å². The van der Waals surface area contributed by atoms with Gasteiger partial charge in [-0.25, -0.2) is 9.97 Å². The van der Waals surface area contributed by atoms with E-state index in [0.717, 1.165) is 47.1 Å². The first-order valence-corrected chi connectivity index (χ1v) is 9.28. The Balaban J connectivity index is 1.75. The predicted octanol–water partition coefficient (Wildman–Crippen LogP) is 3.60. The molecule has 0 aliphatic heterocycles. The maximum absolute atomic E-state index is 11.9. The van der Waals surface area contributed by atoms with Gasteiger partial charge in [-0.1, -0.05) is 6.92 Å². The average Bonchev–Trinajstić information content (AvgIpc) is 2.72. The van der Waals surface area contributed by atoms with Crippen LogP contribution >= 0.6 is 0 Å². The Morgan fingerprint density at radius 3 is 2.81 bits per heavy atom. The molecule has 1 aliphatic carbocycles. The van der Waals surface area contributed by atoms with Crippen molar-refractivity contribution in [3.05, 3.63) is 47.8 Å². The Kier molecular flexibility index (Phi) is 4.71. The van der Waals surface area contributed by atoms with Gasteiger partial charge < -0.3 is 10.1 Å². The second-order valence-corrected chi connectivity index (χ2v) is 6.71. The van der Waals surface area contributed by atoms with E-state index in [9.17, 15) is 4.79 Å². The summed E-state index contributed by atoms with van der Waals surface area (Å²) in [5.74, 6) is 0.646. The number of nitrogens with one attached hydrogen (secondary N) is 1. The fourth-order valence-corrected chi connectivity index (χ4v) is 3.64. The quantitative estimate of drug-likeness (QED) is 0.767. The number of fused-ring (bicyclic) bond motifs is 2. The van der Waals surface area contributed by atoms with Crippen molar-refractivity contribution >= 4 is 16.9 Å². The molecule has 0 bridgehead atoms. The molecule has 3 aromatic heterocycles. The molecule has 1 amide bonds. The average molecular weight is 362 g/mol. The topological polar surface area (TPSA) is 77.0 Å². The molecule has 1 N–H and O–H groups in total. The van der Waals surface area contributed by atoms with E-state index in [2.05, 4.69) is 15.3 Å². The first kappa shape index (κ1) is 17.4. The highest BCUT2D eigenvalue weighted by Crippen LogP contribution is 2.35. The predicted molar refractivity (Wildman–Crippen MR) is 103 cm³/mol. The molecule has 3 aromatic rings. The number of methoxy groups -OCH3 is 1. The standard InChI is InChI=1S/C21H22N4O2/c1-3-20(26)24-16-6-4-5-13-14(16)11-22-12-15(13)17-7-8-19-18(23-17)9-10-21(25-19)27-2/h7-12,16H,3-6H2,1-2H3,(H,24,26). The molecule has 0 radical (unpaired) electrons. The zero-order chi connectivity index (χ0) is 18.8. The molecule has 1 atom stereocenters. The third kappa shape index (κ3) is 3.35. The van der Waals surface area contributed by atoms with Crippen molar-refractivity contribution in [2.75, 3.05) is 7.11 Å². The van der Waals surface area contributed by atoms with E-state index >= 15 is 0 Å². The second kappa shape index (κ2) is 7.31. The molecule has 0 saturated carbocycles. The number of carbonyl (C=O) groups excluding carboxylic acids is 1. The molecular weight excluding hydrogens is 340 g/mol. The molecule has 0 fully saturated rings. The molecule has 1 aliphatic rings. The van der Waals surface area contributed by atoms with Crippen molar-refractivity contribution in [3.8, 4) is 17.1 Å². The van der Waals surface area contributed by atoms with Crippen LogP contribution in [0.5, 0.6) is 5.88 Å². The van der Waals surface area contributed by atoms with Crippen LogP contribution in [0.4, 0.5) is 0 Å². The molecule has 138 valence electrons. The minimum absolute atomic E-state index is 0.0278. The van der Waals surface area contributed by atoms with Crippen LogP contribution in [-0.2, 0) is 11.2 Å². The molecule has 6 nitrogen and oxygen atoms in total. The van der Waals surface area contributed by atoms with Crippen LogP contribution in [0.1, 0.15) is 43.4 Å². The third-order valence-corrected chi connectivity index (χ3v) is 5.04. The van der Waals surface area contributed by atoms with Gasteiger partial charge in [0.15, 0.2) is 0 Å². The lowest BCUT2D eigenvalue weighted by Gasteiger charge is -2.27. The molecule has 3 heterocycles. The summed E-state index contributed by atoms with van der Waals surface area (Å²) in [5, 5.41) is 3.12. The molecule has 4 rings (SSSR count). The van der Waals surface area contributed by atoms with Crippen molar-refractivity contribution in [2.24, 2.45) is 0 Å². The summed E-state index contributed by atoms with van der Waals surface area (Å²) in [7, 11) is 1.60. The summed E-state index contributed by atoms with van der Waals surface area (Å²) < 4.78 is 5.18. The lowest BCUT2D eigenvalue weighted by atomic mass is 9.85. The summed E-state index contributed by atoms with van der Waals surface area (Å²) in [5.41, 5.74) is 5.85. The van der Waals surface area contributed by atoms with E-state index in [1.54, 1.807) is 7.11 Å². The number of pyridine rings is 3. The van der Waals surface area contributed by atoms with Crippen molar-refractivity contribution in [2.45, 2.75) is 38.6 Å². The zero-order valence-corrected chi connectivity index (χ0v) is 15.5. The number of hydrogen-bond donors (Lipinski definition) is 1. The first-order chi connectivity index (χ1) is 13.2. The van der Waals surface area contributed by atoms with E-state index in [1.165, 1.54) is 5.56 Å². The largest absolute Gasteiger partial charge is 0.481 e. The lowest BCUT2D eigenvalue weighted by Crippen LogP contribution is -2.30. The number of carbonyl (C=O) groups is 1. The van der Waals surface area contributed by atoms with E-state index in [0.29, 0.717) is 12.3 Å². The minimum Gasteiger partial charge on any atom is -0.481 e. The van der Waals surface area contributed by atoms with Crippen LogP contribution < -0.4 is 10.1 Å². The Bertz CT molecular complexity index is 1000. The van der Waals surface area contributed by atoms with Gasteiger partial charge in [-0.3, -0.25) is 9.78 Å². The van der Waals surface area contributed by atoms with E-state index in [1.807, 2.05) is 43.6 Å². The van der Waals surface area contributed by atoms with Gasteiger partial charge in [-0.2, -0.15) is 0 Å². The maximum Gasteiger partial charge on any atom is 0.220 e. The second-order valence-electron chi connectivity index (χ2n) is 6.71. The monoisotopic (exact) mass is 362 g/mol.